The molecule has 1 heterocycles. The smallest absolute Gasteiger partial charge is 0.428 e. The highest BCUT2D eigenvalue weighted by Crippen LogP contribution is 2.37. The molecule has 17 heavy (non-hydrogen) atoms. The molecule has 0 saturated carbocycles. The summed E-state index contributed by atoms with van der Waals surface area (Å²) in [7, 11) is -0.940. The van der Waals surface area contributed by atoms with E-state index in [4.69, 9.17) is 13.7 Å². The highest BCUT2D eigenvalue weighted by atomic mass is 32.2. The van der Waals surface area contributed by atoms with Gasteiger partial charge in [0.15, 0.2) is 17.2 Å². The van der Waals surface area contributed by atoms with E-state index in [2.05, 4.69) is 4.40 Å². The molecule has 2 rings (SSSR count). The van der Waals surface area contributed by atoms with E-state index in [-0.39, 0.29) is 5.75 Å². The van der Waals surface area contributed by atoms with Gasteiger partial charge in [-0.15, -0.1) is 4.40 Å². The fourth-order valence-electron chi connectivity index (χ4n) is 1.56. The molecule has 7 heteroatoms. The van der Waals surface area contributed by atoms with Gasteiger partial charge in [-0.05, 0) is 13.0 Å². The minimum absolute atomic E-state index is 0.190. The maximum Gasteiger partial charge on any atom is 0.428 e. The first kappa shape index (κ1) is 11.7. The largest absolute Gasteiger partial charge is 0.493 e. The molecular weight excluding hydrogens is 246 g/mol. The summed E-state index contributed by atoms with van der Waals surface area (Å²) in [5, 5.41) is 0. The van der Waals surface area contributed by atoms with E-state index in [9.17, 15) is 8.42 Å². The lowest BCUT2D eigenvalue weighted by atomic mass is 10.1. The Kier molecular flexibility index (Phi) is 2.70. The lowest BCUT2D eigenvalue weighted by Crippen LogP contribution is -2.16. The standard InChI is InChI=1S/C10H11NO5S/c1-6-7-4-9(14-2)10(15-3)5-8(7)16-17(12,13)11-6/h4-5H,1-3H3. The Labute approximate surface area is 99.1 Å². The zero-order valence-electron chi connectivity index (χ0n) is 9.55. The van der Waals surface area contributed by atoms with Gasteiger partial charge in [-0.2, -0.15) is 8.42 Å². The summed E-state index contributed by atoms with van der Waals surface area (Å²) in [6.45, 7) is 1.59. The highest BCUT2D eigenvalue weighted by Gasteiger charge is 2.25. The van der Waals surface area contributed by atoms with Gasteiger partial charge in [0, 0.05) is 11.6 Å². The number of benzene rings is 1. The molecule has 0 aliphatic carbocycles. The van der Waals surface area contributed by atoms with Gasteiger partial charge in [0.2, 0.25) is 0 Å². The number of hydrogen-bond donors (Lipinski definition) is 0. The second kappa shape index (κ2) is 3.92. The Hall–Kier alpha value is -1.76. The number of rotatable bonds is 2. The normalized spacial score (nSPS) is 16.5. The van der Waals surface area contributed by atoms with Gasteiger partial charge in [-0.25, -0.2) is 0 Å². The zero-order chi connectivity index (χ0) is 12.6. The van der Waals surface area contributed by atoms with Crippen molar-refractivity contribution in [3.63, 3.8) is 0 Å². The van der Waals surface area contributed by atoms with Gasteiger partial charge in [0.1, 0.15) is 0 Å². The average molecular weight is 257 g/mol. The van der Waals surface area contributed by atoms with E-state index < -0.39 is 10.3 Å². The van der Waals surface area contributed by atoms with E-state index in [1.165, 1.54) is 20.3 Å². The van der Waals surface area contributed by atoms with Gasteiger partial charge < -0.3 is 13.7 Å². The minimum Gasteiger partial charge on any atom is -0.493 e. The molecule has 0 fully saturated rings. The quantitative estimate of drug-likeness (QED) is 0.794. The third kappa shape index (κ3) is 2.05. The monoisotopic (exact) mass is 257 g/mol. The van der Waals surface area contributed by atoms with Gasteiger partial charge in [-0.1, -0.05) is 0 Å². The first-order valence-corrected chi connectivity index (χ1v) is 6.10. The molecule has 1 aromatic rings. The summed E-state index contributed by atoms with van der Waals surface area (Å²) in [5.74, 6) is 1.08. The zero-order valence-corrected chi connectivity index (χ0v) is 10.4. The lowest BCUT2D eigenvalue weighted by Gasteiger charge is -2.17. The first-order valence-electron chi connectivity index (χ1n) is 4.74. The van der Waals surface area contributed by atoms with E-state index in [1.54, 1.807) is 13.0 Å². The third-order valence-electron chi connectivity index (χ3n) is 2.32. The summed E-state index contributed by atoms with van der Waals surface area (Å²) in [4.78, 5) is 0. The van der Waals surface area contributed by atoms with Crippen molar-refractivity contribution < 1.29 is 22.1 Å². The molecule has 0 aromatic heterocycles. The van der Waals surface area contributed by atoms with Crippen molar-refractivity contribution >= 4 is 16.0 Å². The van der Waals surface area contributed by atoms with E-state index in [0.29, 0.717) is 22.8 Å². The van der Waals surface area contributed by atoms with Gasteiger partial charge in [-0.3, -0.25) is 0 Å². The topological polar surface area (TPSA) is 74.2 Å². The van der Waals surface area contributed by atoms with Crippen LogP contribution in [0.1, 0.15) is 12.5 Å². The number of nitrogens with zero attached hydrogens (tertiary/aromatic N) is 1. The second-order valence-electron chi connectivity index (χ2n) is 3.39. The van der Waals surface area contributed by atoms with Crippen LogP contribution >= 0.6 is 0 Å². The molecule has 6 nitrogen and oxygen atoms in total. The van der Waals surface area contributed by atoms with Crippen molar-refractivity contribution in [2.75, 3.05) is 14.2 Å². The van der Waals surface area contributed by atoms with Crippen LogP contribution in [0, 0.1) is 0 Å². The molecule has 0 atom stereocenters. The van der Waals surface area contributed by atoms with Crippen molar-refractivity contribution in [1.29, 1.82) is 0 Å². The molecule has 0 saturated heterocycles. The van der Waals surface area contributed by atoms with Crippen molar-refractivity contribution in [3.05, 3.63) is 17.7 Å². The van der Waals surface area contributed by atoms with Crippen molar-refractivity contribution in [1.82, 2.24) is 0 Å². The molecule has 0 amide bonds. The summed E-state index contributed by atoms with van der Waals surface area (Å²) in [5.41, 5.74) is 0.921. The summed E-state index contributed by atoms with van der Waals surface area (Å²) in [6.07, 6.45) is 0. The number of hydrogen-bond acceptors (Lipinski definition) is 5. The Balaban J connectivity index is 2.65. The number of fused-ring (bicyclic) bond motifs is 1. The summed E-state index contributed by atoms with van der Waals surface area (Å²) < 4.78 is 41.0. The van der Waals surface area contributed by atoms with Crippen LogP contribution < -0.4 is 13.7 Å². The molecule has 0 radical (unpaired) electrons. The van der Waals surface area contributed by atoms with Crippen LogP contribution in [0.4, 0.5) is 0 Å². The van der Waals surface area contributed by atoms with Gasteiger partial charge >= 0.3 is 10.3 Å². The molecule has 92 valence electrons. The molecule has 0 spiro atoms. The van der Waals surface area contributed by atoms with Crippen LogP contribution in [0.15, 0.2) is 16.5 Å². The summed E-state index contributed by atoms with van der Waals surface area (Å²) in [6, 6.07) is 3.09. The minimum atomic E-state index is -3.90. The van der Waals surface area contributed by atoms with Crippen molar-refractivity contribution in [2.24, 2.45) is 4.40 Å². The van der Waals surface area contributed by atoms with Crippen molar-refractivity contribution in [3.8, 4) is 17.2 Å². The first-order chi connectivity index (χ1) is 7.96. The van der Waals surface area contributed by atoms with Crippen LogP contribution in [0.25, 0.3) is 0 Å². The maximum atomic E-state index is 11.3. The lowest BCUT2D eigenvalue weighted by molar-refractivity contribution is 0.353. The SMILES string of the molecule is COc1cc2c(cc1OC)C(C)=NS(=O)(=O)O2. The molecular formula is C10H11NO5S. The predicted molar refractivity (Wildman–Crippen MR) is 61.3 cm³/mol. The molecule has 0 bridgehead atoms. The van der Waals surface area contributed by atoms with Crippen LogP contribution in [-0.2, 0) is 10.3 Å². The maximum absolute atomic E-state index is 11.3. The second-order valence-corrected chi connectivity index (χ2v) is 4.60. The predicted octanol–water partition coefficient (Wildman–Crippen LogP) is 1.15. The van der Waals surface area contributed by atoms with Crippen LogP contribution in [0.5, 0.6) is 17.2 Å². The molecule has 0 unspecified atom stereocenters. The number of methoxy groups -OCH3 is 2. The molecule has 0 N–H and O–H groups in total. The van der Waals surface area contributed by atoms with E-state index in [1.807, 2.05) is 0 Å². The highest BCUT2D eigenvalue weighted by molar-refractivity contribution is 7.86. The van der Waals surface area contributed by atoms with Gasteiger partial charge in [0.25, 0.3) is 0 Å². The number of ether oxygens (including phenoxy) is 2. The third-order valence-corrected chi connectivity index (χ3v) is 3.21. The Morgan fingerprint density at radius 1 is 1.18 bits per heavy atom. The summed E-state index contributed by atoms with van der Waals surface area (Å²) >= 11 is 0. The van der Waals surface area contributed by atoms with E-state index >= 15 is 0 Å². The molecule has 1 aromatic carbocycles. The van der Waals surface area contributed by atoms with Crippen LogP contribution in [0.2, 0.25) is 0 Å². The van der Waals surface area contributed by atoms with Crippen molar-refractivity contribution in [2.45, 2.75) is 6.92 Å². The Morgan fingerprint density at radius 3 is 2.35 bits per heavy atom. The average Bonchev–Trinajstić information content (AvgIpc) is 2.26. The van der Waals surface area contributed by atoms with Crippen LogP contribution in [-0.4, -0.2) is 28.3 Å². The van der Waals surface area contributed by atoms with Crippen LogP contribution in [0.3, 0.4) is 0 Å². The fourth-order valence-corrected chi connectivity index (χ4v) is 2.40. The Morgan fingerprint density at radius 2 is 1.76 bits per heavy atom. The van der Waals surface area contributed by atoms with E-state index in [0.717, 1.165) is 0 Å². The Bertz CT molecular complexity index is 591. The van der Waals surface area contributed by atoms with Gasteiger partial charge in [0.05, 0.1) is 19.9 Å². The molecule has 1 aliphatic rings. The molecule has 1 aliphatic heterocycles. The fraction of sp³-hybridized carbons (Fsp3) is 0.300.